The zero-order valence-corrected chi connectivity index (χ0v) is 13.5. The predicted molar refractivity (Wildman–Crippen MR) is 80.5 cm³/mol. The number of halogens is 3. The Morgan fingerprint density at radius 1 is 1.53 bits per heavy atom. The molecule has 1 unspecified atom stereocenters. The van der Waals surface area contributed by atoms with Crippen molar-refractivity contribution in [3.63, 3.8) is 0 Å². The number of benzene rings is 1. The normalized spacial score (nSPS) is 13.1. The van der Waals surface area contributed by atoms with Crippen LogP contribution in [0, 0.1) is 5.82 Å². The van der Waals surface area contributed by atoms with Crippen molar-refractivity contribution in [2.24, 2.45) is 0 Å². The molecule has 0 radical (unpaired) electrons. The van der Waals surface area contributed by atoms with E-state index in [4.69, 9.17) is 11.6 Å². The van der Waals surface area contributed by atoms with Gasteiger partial charge in [0.15, 0.2) is 0 Å². The molecule has 0 saturated carbocycles. The highest BCUT2D eigenvalue weighted by Crippen LogP contribution is 2.25. The standard InChI is InChI=1S/C12H13BrClFN2OS/c1-2-19(18)4-3-17-11-5-8(13)9(15)6-10(11)16-12(17)7-14/h5-6H,2-4,7H2,1H3. The van der Waals surface area contributed by atoms with E-state index in [2.05, 4.69) is 20.9 Å². The summed E-state index contributed by atoms with van der Waals surface area (Å²) in [5.41, 5.74) is 1.37. The lowest BCUT2D eigenvalue weighted by Crippen LogP contribution is -2.11. The van der Waals surface area contributed by atoms with Crippen molar-refractivity contribution in [1.29, 1.82) is 0 Å². The maximum atomic E-state index is 13.5. The fraction of sp³-hybridized carbons (Fsp3) is 0.417. The number of hydrogen-bond donors (Lipinski definition) is 0. The average Bonchev–Trinajstić information content (AvgIpc) is 2.73. The third kappa shape index (κ3) is 3.17. The molecule has 0 amide bonds. The number of aromatic nitrogens is 2. The Balaban J connectivity index is 2.44. The van der Waals surface area contributed by atoms with Crippen molar-refractivity contribution >= 4 is 49.4 Å². The van der Waals surface area contributed by atoms with Crippen LogP contribution in [0.25, 0.3) is 11.0 Å². The molecule has 0 aliphatic rings. The van der Waals surface area contributed by atoms with Gasteiger partial charge < -0.3 is 4.57 Å². The first kappa shape index (κ1) is 14.9. The van der Waals surface area contributed by atoms with Gasteiger partial charge in [-0.25, -0.2) is 9.37 Å². The van der Waals surface area contributed by atoms with E-state index in [0.29, 0.717) is 33.9 Å². The van der Waals surface area contributed by atoms with Gasteiger partial charge in [-0.05, 0) is 22.0 Å². The number of hydrogen-bond acceptors (Lipinski definition) is 2. The second-order valence-electron chi connectivity index (χ2n) is 4.00. The number of imidazole rings is 1. The van der Waals surface area contributed by atoms with Gasteiger partial charge in [0.25, 0.3) is 0 Å². The third-order valence-electron chi connectivity index (χ3n) is 2.85. The van der Waals surface area contributed by atoms with Crippen molar-refractivity contribution in [1.82, 2.24) is 9.55 Å². The summed E-state index contributed by atoms with van der Waals surface area (Å²) in [6.07, 6.45) is 0. The van der Waals surface area contributed by atoms with Crippen molar-refractivity contribution in [2.75, 3.05) is 11.5 Å². The number of nitrogens with zero attached hydrogens (tertiary/aromatic N) is 2. The molecular formula is C12H13BrClFN2OS. The molecule has 1 atom stereocenters. The second kappa shape index (κ2) is 6.33. The van der Waals surface area contributed by atoms with Crippen LogP contribution in [0.2, 0.25) is 0 Å². The summed E-state index contributed by atoms with van der Waals surface area (Å²) in [6, 6.07) is 3.06. The molecule has 0 fully saturated rings. The van der Waals surface area contributed by atoms with E-state index in [-0.39, 0.29) is 11.7 Å². The molecule has 1 aromatic heterocycles. The highest BCUT2D eigenvalue weighted by molar-refractivity contribution is 9.10. The molecule has 0 aliphatic heterocycles. The van der Waals surface area contributed by atoms with E-state index in [1.807, 2.05) is 11.5 Å². The van der Waals surface area contributed by atoms with E-state index < -0.39 is 10.8 Å². The second-order valence-corrected chi connectivity index (χ2v) is 6.99. The average molecular weight is 368 g/mol. The monoisotopic (exact) mass is 366 g/mol. The van der Waals surface area contributed by atoms with Crippen LogP contribution >= 0.6 is 27.5 Å². The van der Waals surface area contributed by atoms with Crippen molar-refractivity contribution in [3.05, 3.63) is 28.2 Å². The Morgan fingerprint density at radius 3 is 2.89 bits per heavy atom. The lowest BCUT2D eigenvalue weighted by atomic mass is 10.3. The number of fused-ring (bicyclic) bond motifs is 1. The molecule has 2 aromatic rings. The van der Waals surface area contributed by atoms with Gasteiger partial charge in [-0.1, -0.05) is 6.92 Å². The topological polar surface area (TPSA) is 34.9 Å². The Morgan fingerprint density at radius 2 is 2.26 bits per heavy atom. The number of rotatable bonds is 5. The molecule has 104 valence electrons. The van der Waals surface area contributed by atoms with Gasteiger partial charge in [-0.3, -0.25) is 4.21 Å². The van der Waals surface area contributed by atoms with E-state index in [9.17, 15) is 8.60 Å². The Kier molecular flexibility index (Phi) is 4.97. The maximum absolute atomic E-state index is 13.5. The first-order valence-electron chi connectivity index (χ1n) is 5.82. The minimum absolute atomic E-state index is 0.243. The van der Waals surface area contributed by atoms with Crippen LogP contribution in [0.3, 0.4) is 0 Å². The van der Waals surface area contributed by atoms with Crippen molar-refractivity contribution in [3.8, 4) is 0 Å². The van der Waals surface area contributed by atoms with Crippen molar-refractivity contribution in [2.45, 2.75) is 19.3 Å². The molecule has 0 aliphatic carbocycles. The zero-order valence-electron chi connectivity index (χ0n) is 10.3. The SMILES string of the molecule is CCS(=O)CCn1c(CCl)nc2cc(F)c(Br)cc21. The van der Waals surface area contributed by atoms with Crippen molar-refractivity contribution < 1.29 is 8.60 Å². The summed E-state index contributed by atoms with van der Waals surface area (Å²) in [5.74, 6) is 1.73. The minimum Gasteiger partial charge on any atom is -0.326 e. The summed E-state index contributed by atoms with van der Waals surface area (Å²) in [6.45, 7) is 2.45. The smallest absolute Gasteiger partial charge is 0.139 e. The van der Waals surface area contributed by atoms with E-state index >= 15 is 0 Å². The molecule has 0 spiro atoms. The van der Waals surface area contributed by atoms with Crippen LogP contribution in [0.1, 0.15) is 12.7 Å². The largest absolute Gasteiger partial charge is 0.326 e. The van der Waals surface area contributed by atoms with Gasteiger partial charge >= 0.3 is 0 Å². The van der Waals surface area contributed by atoms with E-state index in [1.165, 1.54) is 6.07 Å². The van der Waals surface area contributed by atoms with Crippen LogP contribution in [-0.2, 0) is 23.2 Å². The van der Waals surface area contributed by atoms with Crippen LogP contribution in [0.4, 0.5) is 4.39 Å². The van der Waals surface area contributed by atoms with Gasteiger partial charge in [-0.2, -0.15) is 0 Å². The van der Waals surface area contributed by atoms with Gasteiger partial charge in [0.1, 0.15) is 11.6 Å². The maximum Gasteiger partial charge on any atom is 0.139 e. The third-order valence-corrected chi connectivity index (χ3v) is 4.98. The summed E-state index contributed by atoms with van der Waals surface area (Å²) >= 11 is 9.03. The first-order valence-corrected chi connectivity index (χ1v) is 8.63. The van der Waals surface area contributed by atoms with E-state index in [0.717, 1.165) is 5.52 Å². The predicted octanol–water partition coefficient (Wildman–Crippen LogP) is 3.45. The summed E-state index contributed by atoms with van der Waals surface area (Å²) < 4.78 is 27.3. The van der Waals surface area contributed by atoms with E-state index in [1.54, 1.807) is 6.07 Å². The minimum atomic E-state index is -0.852. The van der Waals surface area contributed by atoms with Gasteiger partial charge in [0.2, 0.25) is 0 Å². The Labute approximate surface area is 126 Å². The number of alkyl halides is 1. The van der Waals surface area contributed by atoms with Gasteiger partial charge in [0.05, 0.1) is 21.4 Å². The fourth-order valence-corrected chi connectivity index (χ4v) is 3.07. The van der Waals surface area contributed by atoms with Gasteiger partial charge in [0, 0.05) is 34.9 Å². The lowest BCUT2D eigenvalue weighted by molar-refractivity contribution is 0.622. The molecule has 3 nitrogen and oxygen atoms in total. The highest BCUT2D eigenvalue weighted by atomic mass is 79.9. The molecule has 1 heterocycles. The van der Waals surface area contributed by atoms with Crippen LogP contribution in [0.5, 0.6) is 0 Å². The molecule has 2 rings (SSSR count). The first-order chi connectivity index (χ1) is 9.06. The zero-order chi connectivity index (χ0) is 14.0. The number of aryl methyl sites for hydroxylation is 1. The summed E-state index contributed by atoms with van der Waals surface area (Å²) in [4.78, 5) is 4.31. The molecule has 0 saturated heterocycles. The molecule has 1 aromatic carbocycles. The van der Waals surface area contributed by atoms with Crippen LogP contribution < -0.4 is 0 Å². The molecule has 0 bridgehead atoms. The molecule has 7 heteroatoms. The fourth-order valence-electron chi connectivity index (χ4n) is 1.86. The highest BCUT2D eigenvalue weighted by Gasteiger charge is 2.13. The van der Waals surface area contributed by atoms with Crippen LogP contribution in [-0.4, -0.2) is 25.3 Å². The van der Waals surface area contributed by atoms with Crippen LogP contribution in [0.15, 0.2) is 16.6 Å². The molecule has 19 heavy (non-hydrogen) atoms. The Hall–Kier alpha value is -0.460. The molecule has 0 N–H and O–H groups in total. The molecular weight excluding hydrogens is 355 g/mol. The summed E-state index contributed by atoms with van der Waals surface area (Å²) in [7, 11) is -0.852. The quantitative estimate of drug-likeness (QED) is 0.759. The van der Waals surface area contributed by atoms with Gasteiger partial charge in [-0.15, -0.1) is 11.6 Å². The lowest BCUT2D eigenvalue weighted by Gasteiger charge is -2.07. The Bertz CT molecular complexity index is 632. The summed E-state index contributed by atoms with van der Waals surface area (Å²) in [5, 5.41) is 0.